The zero-order chi connectivity index (χ0) is 14.7. The van der Waals surface area contributed by atoms with Crippen LogP contribution in [0.25, 0.3) is 11.0 Å². The van der Waals surface area contributed by atoms with E-state index >= 15 is 0 Å². The summed E-state index contributed by atoms with van der Waals surface area (Å²) in [7, 11) is 0. The number of hydrogen-bond acceptors (Lipinski definition) is 3. The first-order valence-electron chi connectivity index (χ1n) is 6.66. The van der Waals surface area contributed by atoms with Gasteiger partial charge in [0.2, 0.25) is 0 Å². The average Bonchev–Trinajstić information content (AvgIpc) is 2.87. The minimum atomic E-state index is -0.881. The van der Waals surface area contributed by atoms with Crippen molar-refractivity contribution in [3.63, 3.8) is 0 Å². The molecule has 3 rings (SSSR count). The topological polar surface area (TPSA) is 53.6 Å². The second kappa shape index (κ2) is 5.97. The number of pyridine rings is 1. The van der Waals surface area contributed by atoms with Gasteiger partial charge in [0.15, 0.2) is 11.6 Å². The molecule has 21 heavy (non-hydrogen) atoms. The Balaban J connectivity index is 1.58. The van der Waals surface area contributed by atoms with Gasteiger partial charge in [0.05, 0.1) is 16.7 Å². The van der Waals surface area contributed by atoms with Crippen LogP contribution >= 0.6 is 0 Å². The first-order chi connectivity index (χ1) is 10.2. The Morgan fingerprint density at radius 2 is 2.00 bits per heavy atom. The molecule has 0 spiro atoms. The maximum Gasteiger partial charge on any atom is 0.161 e. The van der Waals surface area contributed by atoms with E-state index in [9.17, 15) is 8.78 Å². The zero-order valence-corrected chi connectivity index (χ0v) is 11.2. The van der Waals surface area contributed by atoms with Crippen molar-refractivity contribution in [3.05, 3.63) is 59.7 Å². The second-order valence-electron chi connectivity index (χ2n) is 4.71. The summed E-state index contributed by atoms with van der Waals surface area (Å²) in [6, 6.07) is 7.98. The van der Waals surface area contributed by atoms with Crippen LogP contribution in [0.5, 0.6) is 0 Å². The average molecular weight is 288 g/mol. The van der Waals surface area contributed by atoms with Gasteiger partial charge in [-0.3, -0.25) is 4.98 Å². The van der Waals surface area contributed by atoms with E-state index in [4.69, 9.17) is 0 Å². The Bertz CT molecular complexity index is 701. The monoisotopic (exact) mass is 288 g/mol. The highest BCUT2D eigenvalue weighted by atomic mass is 19.2. The summed E-state index contributed by atoms with van der Waals surface area (Å²) >= 11 is 0. The number of imidazole rings is 1. The van der Waals surface area contributed by atoms with Crippen LogP contribution in [-0.4, -0.2) is 21.5 Å². The Morgan fingerprint density at radius 3 is 2.81 bits per heavy atom. The van der Waals surface area contributed by atoms with Gasteiger partial charge in [-0.05, 0) is 12.1 Å². The Labute approximate surface area is 120 Å². The SMILES string of the molecule is Fc1cc2nc(CCNCc3ccccn3)[nH]c2cc1F. The summed E-state index contributed by atoms with van der Waals surface area (Å²) in [4.78, 5) is 11.4. The van der Waals surface area contributed by atoms with E-state index in [1.54, 1.807) is 6.20 Å². The minimum Gasteiger partial charge on any atom is -0.342 e. The minimum absolute atomic E-state index is 0.439. The molecule has 0 aliphatic heterocycles. The fourth-order valence-electron chi connectivity index (χ4n) is 2.10. The third-order valence-electron chi connectivity index (χ3n) is 3.14. The van der Waals surface area contributed by atoms with Crippen LogP contribution in [0.15, 0.2) is 36.5 Å². The van der Waals surface area contributed by atoms with Crippen LogP contribution in [0.2, 0.25) is 0 Å². The molecule has 2 aromatic heterocycles. The lowest BCUT2D eigenvalue weighted by Gasteiger charge is -2.02. The van der Waals surface area contributed by atoms with E-state index in [0.29, 0.717) is 36.4 Å². The highest BCUT2D eigenvalue weighted by Crippen LogP contribution is 2.16. The van der Waals surface area contributed by atoms with Crippen molar-refractivity contribution in [1.82, 2.24) is 20.3 Å². The summed E-state index contributed by atoms with van der Waals surface area (Å²) in [6.45, 7) is 1.37. The van der Waals surface area contributed by atoms with E-state index in [1.807, 2.05) is 18.2 Å². The molecule has 0 amide bonds. The maximum atomic E-state index is 13.1. The molecule has 108 valence electrons. The molecule has 6 heteroatoms. The van der Waals surface area contributed by atoms with Crippen molar-refractivity contribution in [1.29, 1.82) is 0 Å². The van der Waals surface area contributed by atoms with Gasteiger partial charge in [0, 0.05) is 37.8 Å². The molecule has 0 aliphatic carbocycles. The number of H-pyrrole nitrogens is 1. The summed E-state index contributed by atoms with van der Waals surface area (Å²) in [6.07, 6.45) is 2.39. The van der Waals surface area contributed by atoms with Crippen molar-refractivity contribution in [2.24, 2.45) is 0 Å². The molecule has 0 saturated heterocycles. The molecule has 0 aliphatic rings. The van der Waals surface area contributed by atoms with Gasteiger partial charge in [-0.1, -0.05) is 6.07 Å². The van der Waals surface area contributed by atoms with Gasteiger partial charge >= 0.3 is 0 Å². The number of halogens is 2. The molecule has 0 unspecified atom stereocenters. The Kier molecular flexibility index (Phi) is 3.87. The molecular formula is C15H14F2N4. The van der Waals surface area contributed by atoms with Crippen LogP contribution in [0.3, 0.4) is 0 Å². The molecule has 0 radical (unpaired) electrons. The molecule has 1 aromatic carbocycles. The van der Waals surface area contributed by atoms with Gasteiger partial charge in [0.1, 0.15) is 5.82 Å². The number of hydrogen-bond donors (Lipinski definition) is 2. The van der Waals surface area contributed by atoms with Gasteiger partial charge in [-0.2, -0.15) is 0 Å². The van der Waals surface area contributed by atoms with Crippen molar-refractivity contribution in [2.75, 3.05) is 6.54 Å². The number of aromatic amines is 1. The summed E-state index contributed by atoms with van der Waals surface area (Å²) in [5, 5.41) is 3.25. The van der Waals surface area contributed by atoms with Crippen LogP contribution < -0.4 is 5.32 Å². The lowest BCUT2D eigenvalue weighted by atomic mass is 10.3. The molecule has 0 atom stereocenters. The van der Waals surface area contributed by atoms with E-state index in [1.165, 1.54) is 0 Å². The number of aromatic nitrogens is 3. The van der Waals surface area contributed by atoms with Gasteiger partial charge in [0.25, 0.3) is 0 Å². The molecule has 0 saturated carbocycles. The molecule has 4 nitrogen and oxygen atoms in total. The lowest BCUT2D eigenvalue weighted by molar-refractivity contribution is 0.510. The molecule has 2 heterocycles. The third-order valence-corrected chi connectivity index (χ3v) is 3.14. The number of nitrogens with one attached hydrogen (secondary N) is 2. The van der Waals surface area contributed by atoms with Crippen molar-refractivity contribution in [2.45, 2.75) is 13.0 Å². The molecule has 3 aromatic rings. The highest BCUT2D eigenvalue weighted by molar-refractivity contribution is 5.75. The van der Waals surface area contributed by atoms with Crippen molar-refractivity contribution < 1.29 is 8.78 Å². The fraction of sp³-hybridized carbons (Fsp3) is 0.200. The smallest absolute Gasteiger partial charge is 0.161 e. The zero-order valence-electron chi connectivity index (χ0n) is 11.2. The fourth-order valence-corrected chi connectivity index (χ4v) is 2.10. The van der Waals surface area contributed by atoms with Crippen LogP contribution in [0.4, 0.5) is 8.78 Å². The number of fused-ring (bicyclic) bond motifs is 1. The predicted octanol–water partition coefficient (Wildman–Crippen LogP) is 2.57. The first-order valence-corrected chi connectivity index (χ1v) is 6.66. The van der Waals surface area contributed by atoms with Gasteiger partial charge in [-0.15, -0.1) is 0 Å². The van der Waals surface area contributed by atoms with Crippen LogP contribution in [0, 0.1) is 11.6 Å². The van der Waals surface area contributed by atoms with Crippen molar-refractivity contribution >= 4 is 11.0 Å². The van der Waals surface area contributed by atoms with E-state index in [-0.39, 0.29) is 0 Å². The van der Waals surface area contributed by atoms with E-state index in [0.717, 1.165) is 17.8 Å². The molecule has 0 fully saturated rings. The van der Waals surface area contributed by atoms with Crippen LogP contribution in [-0.2, 0) is 13.0 Å². The second-order valence-corrected chi connectivity index (χ2v) is 4.71. The summed E-state index contributed by atoms with van der Waals surface area (Å²) < 4.78 is 26.2. The normalized spacial score (nSPS) is 11.1. The Morgan fingerprint density at radius 1 is 1.14 bits per heavy atom. The Hall–Kier alpha value is -2.34. The number of benzene rings is 1. The lowest BCUT2D eigenvalue weighted by Crippen LogP contribution is -2.17. The van der Waals surface area contributed by atoms with E-state index < -0.39 is 11.6 Å². The standard InChI is InChI=1S/C15H14F2N4/c16-11-7-13-14(8-12(11)17)21-15(20-13)4-6-18-9-10-3-1-2-5-19-10/h1-3,5,7-8,18H,4,6,9H2,(H,20,21). The number of nitrogens with zero attached hydrogens (tertiary/aromatic N) is 2. The first kappa shape index (κ1) is 13.6. The summed E-state index contributed by atoms with van der Waals surface area (Å²) in [5.41, 5.74) is 1.91. The largest absolute Gasteiger partial charge is 0.342 e. The molecular weight excluding hydrogens is 274 g/mol. The molecule has 2 N–H and O–H groups in total. The summed E-state index contributed by atoms with van der Waals surface area (Å²) in [5.74, 6) is -1.05. The van der Waals surface area contributed by atoms with Crippen molar-refractivity contribution in [3.8, 4) is 0 Å². The highest BCUT2D eigenvalue weighted by Gasteiger charge is 2.08. The predicted molar refractivity (Wildman–Crippen MR) is 75.7 cm³/mol. The van der Waals surface area contributed by atoms with Gasteiger partial charge in [-0.25, -0.2) is 13.8 Å². The number of rotatable bonds is 5. The van der Waals surface area contributed by atoms with Gasteiger partial charge < -0.3 is 10.3 Å². The third kappa shape index (κ3) is 3.22. The van der Waals surface area contributed by atoms with Crippen LogP contribution in [0.1, 0.15) is 11.5 Å². The van der Waals surface area contributed by atoms with E-state index in [2.05, 4.69) is 20.3 Å². The quantitative estimate of drug-likeness (QED) is 0.709. The maximum absolute atomic E-state index is 13.1. The molecule has 0 bridgehead atoms.